The second-order valence-electron chi connectivity index (χ2n) is 4.31. The second-order valence-corrected chi connectivity index (χ2v) is 5.31. The highest BCUT2D eigenvalue weighted by molar-refractivity contribution is 7.16. The lowest BCUT2D eigenvalue weighted by Gasteiger charge is -1.97. The van der Waals surface area contributed by atoms with Crippen LogP contribution in [-0.2, 0) is 9.47 Å². The number of nitrogens with zero attached hydrogens (tertiary/aromatic N) is 2. The Hall–Kier alpha value is -2.22. The first kappa shape index (κ1) is 16.2. The first-order valence-corrected chi connectivity index (χ1v) is 7.59. The molecule has 0 aliphatic carbocycles. The first-order valence-electron chi connectivity index (χ1n) is 6.77. The minimum Gasteiger partial charge on any atom is -0.462 e. The third-order valence-electron chi connectivity index (χ3n) is 2.70. The minimum absolute atomic E-state index is 0.0439. The van der Waals surface area contributed by atoms with Crippen LogP contribution < -0.4 is 0 Å². The van der Waals surface area contributed by atoms with Crippen LogP contribution >= 0.6 is 11.3 Å². The highest BCUT2D eigenvalue weighted by Gasteiger charge is 2.23. The molecule has 22 heavy (non-hydrogen) atoms. The number of aryl methyl sites for hydroxylation is 2. The summed E-state index contributed by atoms with van der Waals surface area (Å²) < 4.78 is 15.3. The van der Waals surface area contributed by atoms with Crippen molar-refractivity contribution in [1.82, 2.24) is 9.97 Å². The predicted octanol–water partition coefficient (Wildman–Crippen LogP) is 2.77. The van der Waals surface area contributed by atoms with Gasteiger partial charge in [-0.1, -0.05) is 0 Å². The predicted molar refractivity (Wildman–Crippen MR) is 79.0 cm³/mol. The van der Waals surface area contributed by atoms with Gasteiger partial charge in [0.15, 0.2) is 5.01 Å². The van der Waals surface area contributed by atoms with E-state index >= 15 is 0 Å². The summed E-state index contributed by atoms with van der Waals surface area (Å²) in [6.45, 7) is 7.33. The fraction of sp³-hybridized carbons (Fsp3) is 0.429. The van der Waals surface area contributed by atoms with Gasteiger partial charge < -0.3 is 13.9 Å². The van der Waals surface area contributed by atoms with E-state index in [1.165, 1.54) is 0 Å². The van der Waals surface area contributed by atoms with Crippen molar-refractivity contribution in [2.45, 2.75) is 27.7 Å². The third-order valence-corrected chi connectivity index (χ3v) is 3.82. The van der Waals surface area contributed by atoms with Gasteiger partial charge in [-0.3, -0.25) is 0 Å². The summed E-state index contributed by atoms with van der Waals surface area (Å²) in [5, 5.41) is 0.416. The van der Waals surface area contributed by atoms with Gasteiger partial charge in [0.25, 0.3) is 5.89 Å². The Labute approximate surface area is 131 Å². The molecule has 2 aromatic heterocycles. The number of ether oxygens (including phenoxy) is 2. The zero-order chi connectivity index (χ0) is 16.3. The fourth-order valence-electron chi connectivity index (χ4n) is 1.75. The molecule has 0 fully saturated rings. The van der Waals surface area contributed by atoms with Crippen molar-refractivity contribution in [1.29, 1.82) is 0 Å². The Kier molecular flexibility index (Phi) is 4.92. The Morgan fingerprint density at radius 3 is 2.32 bits per heavy atom. The standard InChI is InChI=1S/C14H16N2O5S/c1-5-19-13(17)9-7(3)15-11(21-9)12-16-8(4)10(22-12)14(18)20-6-2/h5-6H2,1-4H3. The highest BCUT2D eigenvalue weighted by atomic mass is 32.1. The molecule has 0 saturated heterocycles. The number of oxazole rings is 1. The van der Waals surface area contributed by atoms with E-state index in [9.17, 15) is 9.59 Å². The van der Waals surface area contributed by atoms with Crippen LogP contribution in [0, 0.1) is 13.8 Å². The molecular formula is C14H16N2O5S. The molecule has 0 radical (unpaired) electrons. The van der Waals surface area contributed by atoms with Gasteiger partial charge >= 0.3 is 11.9 Å². The maximum Gasteiger partial charge on any atom is 0.376 e. The van der Waals surface area contributed by atoms with Crippen molar-refractivity contribution in [3.8, 4) is 10.9 Å². The number of carbonyl (C=O) groups excluding carboxylic acids is 2. The molecule has 0 unspecified atom stereocenters. The van der Waals surface area contributed by atoms with Gasteiger partial charge in [0, 0.05) is 0 Å². The molecule has 0 spiro atoms. The molecule has 2 rings (SSSR count). The topological polar surface area (TPSA) is 91.5 Å². The number of hydrogen-bond donors (Lipinski definition) is 0. The summed E-state index contributed by atoms with van der Waals surface area (Å²) in [6.07, 6.45) is 0. The molecule has 118 valence electrons. The van der Waals surface area contributed by atoms with Gasteiger partial charge in [-0.15, -0.1) is 11.3 Å². The van der Waals surface area contributed by atoms with Crippen LogP contribution in [0.1, 0.15) is 45.5 Å². The van der Waals surface area contributed by atoms with Gasteiger partial charge in [0.2, 0.25) is 5.76 Å². The highest BCUT2D eigenvalue weighted by Crippen LogP contribution is 2.29. The van der Waals surface area contributed by atoms with Crippen molar-refractivity contribution < 1.29 is 23.5 Å². The van der Waals surface area contributed by atoms with Gasteiger partial charge in [-0.05, 0) is 27.7 Å². The largest absolute Gasteiger partial charge is 0.462 e. The quantitative estimate of drug-likeness (QED) is 0.781. The number of hydrogen-bond acceptors (Lipinski definition) is 8. The van der Waals surface area contributed by atoms with Crippen LogP contribution in [0.2, 0.25) is 0 Å². The van der Waals surface area contributed by atoms with E-state index in [0.717, 1.165) is 11.3 Å². The Bertz CT molecular complexity index is 644. The van der Waals surface area contributed by atoms with E-state index in [1.807, 2.05) is 0 Å². The van der Waals surface area contributed by atoms with Crippen molar-refractivity contribution >= 4 is 23.3 Å². The normalized spacial score (nSPS) is 10.5. The molecule has 0 saturated carbocycles. The van der Waals surface area contributed by atoms with Crippen molar-refractivity contribution in [2.75, 3.05) is 13.2 Å². The zero-order valence-electron chi connectivity index (χ0n) is 12.8. The maximum atomic E-state index is 11.8. The van der Waals surface area contributed by atoms with Gasteiger partial charge in [-0.2, -0.15) is 0 Å². The third kappa shape index (κ3) is 3.16. The zero-order valence-corrected chi connectivity index (χ0v) is 13.6. The van der Waals surface area contributed by atoms with E-state index in [-0.39, 0.29) is 24.9 Å². The summed E-state index contributed by atoms with van der Waals surface area (Å²) in [5.41, 5.74) is 0.950. The Balaban J connectivity index is 2.33. The van der Waals surface area contributed by atoms with E-state index in [0.29, 0.717) is 21.3 Å². The van der Waals surface area contributed by atoms with Crippen LogP contribution in [0.4, 0.5) is 0 Å². The maximum absolute atomic E-state index is 11.8. The van der Waals surface area contributed by atoms with E-state index in [2.05, 4.69) is 9.97 Å². The molecule has 7 nitrogen and oxygen atoms in total. The SMILES string of the molecule is CCOC(=O)c1oc(-c2nc(C)c(C(=O)OCC)s2)nc1C. The summed E-state index contributed by atoms with van der Waals surface area (Å²) in [7, 11) is 0. The Morgan fingerprint density at radius 2 is 1.68 bits per heavy atom. The molecule has 0 aliphatic heterocycles. The fourth-order valence-corrected chi connectivity index (χ4v) is 2.63. The van der Waals surface area contributed by atoms with Crippen molar-refractivity contribution in [2.24, 2.45) is 0 Å². The van der Waals surface area contributed by atoms with Crippen LogP contribution in [-0.4, -0.2) is 35.1 Å². The molecule has 8 heteroatoms. The van der Waals surface area contributed by atoms with Gasteiger partial charge in [-0.25, -0.2) is 19.6 Å². The molecule has 0 amide bonds. The summed E-state index contributed by atoms with van der Waals surface area (Å²) in [6, 6.07) is 0. The summed E-state index contributed by atoms with van der Waals surface area (Å²) in [4.78, 5) is 32.3. The van der Waals surface area contributed by atoms with Crippen LogP contribution in [0.15, 0.2) is 4.42 Å². The van der Waals surface area contributed by atoms with Crippen LogP contribution in [0.3, 0.4) is 0 Å². The second kappa shape index (κ2) is 6.69. The molecule has 0 aliphatic rings. The average Bonchev–Trinajstić information content (AvgIpc) is 3.02. The number of aromatic nitrogens is 2. The first-order chi connectivity index (χ1) is 10.5. The number of carbonyl (C=O) groups is 2. The molecule has 2 aromatic rings. The minimum atomic E-state index is -0.572. The number of rotatable bonds is 5. The van der Waals surface area contributed by atoms with E-state index < -0.39 is 11.9 Å². The van der Waals surface area contributed by atoms with Crippen molar-refractivity contribution in [3.05, 3.63) is 22.0 Å². The summed E-state index contributed by atoms with van der Waals surface area (Å²) >= 11 is 1.11. The number of esters is 2. The smallest absolute Gasteiger partial charge is 0.376 e. The lowest BCUT2D eigenvalue weighted by Crippen LogP contribution is -2.04. The lowest BCUT2D eigenvalue weighted by atomic mass is 10.4. The molecule has 0 N–H and O–H groups in total. The van der Waals surface area contributed by atoms with E-state index in [4.69, 9.17) is 13.9 Å². The molecular weight excluding hydrogens is 308 g/mol. The van der Waals surface area contributed by atoms with Crippen molar-refractivity contribution in [3.63, 3.8) is 0 Å². The van der Waals surface area contributed by atoms with Gasteiger partial charge in [0.1, 0.15) is 4.88 Å². The molecule has 2 heterocycles. The molecule has 0 aromatic carbocycles. The number of thiazole rings is 1. The van der Waals surface area contributed by atoms with Crippen LogP contribution in [0.25, 0.3) is 10.9 Å². The molecule has 0 bridgehead atoms. The average molecular weight is 324 g/mol. The monoisotopic (exact) mass is 324 g/mol. The summed E-state index contributed by atoms with van der Waals surface area (Å²) in [5.74, 6) is -0.776. The van der Waals surface area contributed by atoms with E-state index in [1.54, 1.807) is 27.7 Å². The Morgan fingerprint density at radius 1 is 1.05 bits per heavy atom. The molecule has 0 atom stereocenters. The van der Waals surface area contributed by atoms with Crippen LogP contribution in [0.5, 0.6) is 0 Å². The lowest BCUT2D eigenvalue weighted by molar-refractivity contribution is 0.0488. The van der Waals surface area contributed by atoms with Gasteiger partial charge in [0.05, 0.1) is 24.6 Å².